The fourth-order valence-corrected chi connectivity index (χ4v) is 1.91. The summed E-state index contributed by atoms with van der Waals surface area (Å²) in [6.45, 7) is 4.16. The van der Waals surface area contributed by atoms with Crippen molar-refractivity contribution in [2.24, 2.45) is 0 Å². The Morgan fingerprint density at radius 3 is 2.75 bits per heavy atom. The lowest BCUT2D eigenvalue weighted by Gasteiger charge is -2.09. The molecular weight excluding hydrogens is 257 g/mol. The van der Waals surface area contributed by atoms with Gasteiger partial charge in [-0.1, -0.05) is 6.07 Å². The van der Waals surface area contributed by atoms with Crippen molar-refractivity contribution in [2.75, 3.05) is 11.9 Å². The average molecular weight is 273 g/mol. The molecule has 1 N–H and O–H groups in total. The molecule has 2 aromatic carbocycles. The molecule has 0 aromatic heterocycles. The third-order valence-corrected chi connectivity index (χ3v) is 2.84. The fourth-order valence-electron chi connectivity index (χ4n) is 1.91. The molecule has 20 heavy (non-hydrogen) atoms. The van der Waals surface area contributed by atoms with Gasteiger partial charge in [0.2, 0.25) is 0 Å². The van der Waals surface area contributed by atoms with E-state index in [1.165, 1.54) is 18.2 Å². The zero-order valence-corrected chi connectivity index (χ0v) is 11.4. The predicted molar refractivity (Wildman–Crippen MR) is 76.7 cm³/mol. The first-order valence-electron chi connectivity index (χ1n) is 6.40. The van der Waals surface area contributed by atoms with Gasteiger partial charge in [-0.05, 0) is 49.7 Å². The van der Waals surface area contributed by atoms with Crippen molar-refractivity contribution in [3.05, 3.63) is 59.4 Å². The van der Waals surface area contributed by atoms with Crippen molar-refractivity contribution in [1.82, 2.24) is 0 Å². The Morgan fingerprint density at radius 1 is 1.25 bits per heavy atom. The van der Waals surface area contributed by atoms with E-state index >= 15 is 0 Å². The van der Waals surface area contributed by atoms with Gasteiger partial charge in [0.25, 0.3) is 5.91 Å². The highest BCUT2D eigenvalue weighted by Crippen LogP contribution is 2.19. The number of ether oxygens (including phenoxy) is 1. The summed E-state index contributed by atoms with van der Waals surface area (Å²) in [5, 5.41) is 2.78. The van der Waals surface area contributed by atoms with Gasteiger partial charge in [0.1, 0.15) is 11.6 Å². The maximum absolute atomic E-state index is 13.0. The largest absolute Gasteiger partial charge is 0.494 e. The van der Waals surface area contributed by atoms with Gasteiger partial charge >= 0.3 is 0 Å². The number of anilines is 1. The molecule has 104 valence electrons. The van der Waals surface area contributed by atoms with Crippen LogP contribution in [0, 0.1) is 12.7 Å². The molecule has 0 heterocycles. The van der Waals surface area contributed by atoms with Crippen LogP contribution in [0.1, 0.15) is 22.8 Å². The third-order valence-electron chi connectivity index (χ3n) is 2.84. The van der Waals surface area contributed by atoms with Crippen LogP contribution >= 0.6 is 0 Å². The minimum absolute atomic E-state index is 0.267. The molecule has 0 atom stereocenters. The van der Waals surface area contributed by atoms with E-state index in [1.807, 2.05) is 13.0 Å². The molecule has 3 nitrogen and oxygen atoms in total. The smallest absolute Gasteiger partial charge is 0.255 e. The molecular formula is C16H16FNO2. The van der Waals surface area contributed by atoms with Gasteiger partial charge in [0.05, 0.1) is 6.61 Å². The van der Waals surface area contributed by atoms with Crippen LogP contribution < -0.4 is 10.1 Å². The summed E-state index contributed by atoms with van der Waals surface area (Å²) in [6, 6.07) is 11.2. The van der Waals surface area contributed by atoms with Crippen LogP contribution in [0.4, 0.5) is 10.1 Å². The van der Waals surface area contributed by atoms with E-state index < -0.39 is 0 Å². The van der Waals surface area contributed by atoms with Crippen molar-refractivity contribution in [1.29, 1.82) is 0 Å². The van der Waals surface area contributed by atoms with Crippen LogP contribution in [0.25, 0.3) is 0 Å². The molecule has 2 rings (SSSR count). The summed E-state index contributed by atoms with van der Waals surface area (Å²) in [7, 11) is 0. The van der Waals surface area contributed by atoms with Crippen LogP contribution in [0.5, 0.6) is 5.75 Å². The molecule has 0 aliphatic carbocycles. The number of hydrogen-bond donors (Lipinski definition) is 1. The number of aryl methyl sites for hydroxylation is 1. The number of carbonyl (C=O) groups is 1. The normalized spacial score (nSPS) is 10.2. The highest BCUT2D eigenvalue weighted by Gasteiger charge is 2.10. The topological polar surface area (TPSA) is 38.3 Å². The Labute approximate surface area is 117 Å². The molecule has 0 spiro atoms. The lowest BCUT2D eigenvalue weighted by atomic mass is 10.1. The minimum Gasteiger partial charge on any atom is -0.494 e. The second-order valence-corrected chi connectivity index (χ2v) is 4.37. The molecule has 0 fully saturated rings. The Hall–Kier alpha value is -2.36. The van der Waals surface area contributed by atoms with E-state index in [0.29, 0.717) is 29.2 Å². The molecule has 0 aliphatic heterocycles. The first kappa shape index (κ1) is 14.1. The van der Waals surface area contributed by atoms with Crippen LogP contribution in [-0.4, -0.2) is 12.5 Å². The zero-order valence-electron chi connectivity index (χ0n) is 11.4. The van der Waals surface area contributed by atoms with Crippen LogP contribution in [0.15, 0.2) is 42.5 Å². The second kappa shape index (κ2) is 6.19. The van der Waals surface area contributed by atoms with E-state index in [4.69, 9.17) is 4.74 Å². The Morgan fingerprint density at radius 2 is 2.05 bits per heavy atom. The maximum atomic E-state index is 13.0. The predicted octanol–water partition coefficient (Wildman–Crippen LogP) is 3.79. The lowest BCUT2D eigenvalue weighted by Crippen LogP contribution is -2.13. The number of nitrogens with one attached hydrogen (secondary N) is 1. The second-order valence-electron chi connectivity index (χ2n) is 4.37. The third kappa shape index (κ3) is 3.35. The van der Waals surface area contributed by atoms with Crippen LogP contribution in [0.3, 0.4) is 0 Å². The highest BCUT2D eigenvalue weighted by molar-refractivity contribution is 6.05. The maximum Gasteiger partial charge on any atom is 0.255 e. The van der Waals surface area contributed by atoms with Gasteiger partial charge in [-0.25, -0.2) is 4.39 Å². The summed E-state index contributed by atoms with van der Waals surface area (Å²) >= 11 is 0. The summed E-state index contributed by atoms with van der Waals surface area (Å²) < 4.78 is 18.4. The van der Waals surface area contributed by atoms with Gasteiger partial charge in [0, 0.05) is 17.3 Å². The van der Waals surface area contributed by atoms with Gasteiger partial charge in [-0.2, -0.15) is 0 Å². The summed E-state index contributed by atoms with van der Waals surface area (Å²) in [6.07, 6.45) is 0. The van der Waals surface area contributed by atoms with Crippen molar-refractivity contribution >= 4 is 11.6 Å². The summed E-state index contributed by atoms with van der Waals surface area (Å²) in [4.78, 5) is 12.1. The average Bonchev–Trinajstić information content (AvgIpc) is 2.39. The number of amides is 1. The van der Waals surface area contributed by atoms with E-state index in [1.54, 1.807) is 25.1 Å². The van der Waals surface area contributed by atoms with E-state index in [0.717, 1.165) is 0 Å². The molecule has 2 aromatic rings. The molecule has 0 unspecified atom stereocenters. The summed E-state index contributed by atoms with van der Waals surface area (Å²) in [5.74, 6) is 0.0784. The Bertz CT molecular complexity index is 626. The molecule has 0 radical (unpaired) electrons. The van der Waals surface area contributed by atoms with E-state index in [2.05, 4.69) is 5.32 Å². The molecule has 4 heteroatoms. The molecule has 1 amide bonds. The molecule has 0 aliphatic rings. The first-order valence-corrected chi connectivity index (χ1v) is 6.40. The highest BCUT2D eigenvalue weighted by atomic mass is 19.1. The number of rotatable bonds is 4. The molecule has 0 saturated heterocycles. The van der Waals surface area contributed by atoms with Gasteiger partial charge < -0.3 is 10.1 Å². The van der Waals surface area contributed by atoms with E-state index in [9.17, 15) is 9.18 Å². The quantitative estimate of drug-likeness (QED) is 0.920. The summed E-state index contributed by atoms with van der Waals surface area (Å²) in [5.41, 5.74) is 1.70. The van der Waals surface area contributed by atoms with Crippen LogP contribution in [0.2, 0.25) is 0 Å². The number of benzene rings is 2. The first-order chi connectivity index (χ1) is 9.60. The lowest BCUT2D eigenvalue weighted by molar-refractivity contribution is 0.102. The van der Waals surface area contributed by atoms with Crippen molar-refractivity contribution < 1.29 is 13.9 Å². The fraction of sp³-hybridized carbons (Fsp3) is 0.188. The van der Waals surface area contributed by atoms with Crippen molar-refractivity contribution in [3.8, 4) is 5.75 Å². The number of hydrogen-bond acceptors (Lipinski definition) is 2. The van der Waals surface area contributed by atoms with E-state index in [-0.39, 0.29) is 11.7 Å². The monoisotopic (exact) mass is 273 g/mol. The van der Waals surface area contributed by atoms with Crippen molar-refractivity contribution in [2.45, 2.75) is 13.8 Å². The van der Waals surface area contributed by atoms with Gasteiger partial charge in [-0.3, -0.25) is 4.79 Å². The minimum atomic E-state index is -0.350. The van der Waals surface area contributed by atoms with Gasteiger partial charge in [0.15, 0.2) is 0 Å². The van der Waals surface area contributed by atoms with Crippen molar-refractivity contribution in [3.63, 3.8) is 0 Å². The van der Waals surface area contributed by atoms with Gasteiger partial charge in [-0.15, -0.1) is 0 Å². The molecule has 0 saturated carbocycles. The Kier molecular flexibility index (Phi) is 4.35. The number of carbonyl (C=O) groups excluding carboxylic acids is 1. The number of halogens is 1. The standard InChI is InChI=1S/C16H16FNO2/c1-3-20-14-6-4-5-13(10-14)18-16(19)15-8-7-12(17)9-11(15)2/h4-10H,3H2,1-2H3,(H,18,19). The molecule has 0 bridgehead atoms. The van der Waals surface area contributed by atoms with Crippen LogP contribution in [-0.2, 0) is 0 Å². The zero-order chi connectivity index (χ0) is 14.5. The Balaban J connectivity index is 2.17. The SMILES string of the molecule is CCOc1cccc(NC(=O)c2ccc(F)cc2C)c1.